The van der Waals surface area contributed by atoms with E-state index in [1.165, 1.54) is 0 Å². The van der Waals surface area contributed by atoms with Crippen LogP contribution in [0.5, 0.6) is 5.75 Å². The van der Waals surface area contributed by atoms with E-state index in [0.29, 0.717) is 31.8 Å². The molecule has 4 heteroatoms. The Morgan fingerprint density at radius 1 is 1.13 bits per heavy atom. The first-order chi connectivity index (χ1) is 11.2. The lowest BCUT2D eigenvalue weighted by Gasteiger charge is -2.23. The van der Waals surface area contributed by atoms with Gasteiger partial charge in [-0.15, -0.1) is 0 Å². The van der Waals surface area contributed by atoms with Gasteiger partial charge in [0.05, 0.1) is 6.61 Å². The molecule has 122 valence electrons. The molecule has 0 bridgehead atoms. The van der Waals surface area contributed by atoms with Crippen molar-refractivity contribution in [1.82, 2.24) is 4.90 Å². The van der Waals surface area contributed by atoms with E-state index < -0.39 is 0 Å². The predicted octanol–water partition coefficient (Wildman–Crippen LogP) is 3.08. The monoisotopic (exact) mass is 312 g/mol. The fraction of sp³-hybridized carbons (Fsp3) is 0.316. The lowest BCUT2D eigenvalue weighted by atomic mass is 10.1. The van der Waals surface area contributed by atoms with E-state index in [-0.39, 0.29) is 5.91 Å². The molecule has 2 N–H and O–H groups in total. The van der Waals surface area contributed by atoms with Gasteiger partial charge in [0.25, 0.3) is 5.91 Å². The van der Waals surface area contributed by atoms with Crippen LogP contribution in [-0.2, 0) is 6.54 Å². The molecule has 0 saturated carbocycles. The minimum absolute atomic E-state index is 0.00357. The van der Waals surface area contributed by atoms with Crippen molar-refractivity contribution in [1.29, 1.82) is 0 Å². The Hall–Kier alpha value is -2.33. The van der Waals surface area contributed by atoms with Gasteiger partial charge in [-0.2, -0.15) is 0 Å². The molecule has 2 aromatic rings. The number of hydrogen-bond donors (Lipinski definition) is 1. The largest absolute Gasteiger partial charge is 0.494 e. The molecule has 0 aliphatic carbocycles. The molecule has 0 heterocycles. The summed E-state index contributed by atoms with van der Waals surface area (Å²) in [6, 6.07) is 17.3. The minimum Gasteiger partial charge on any atom is -0.494 e. The van der Waals surface area contributed by atoms with Gasteiger partial charge in [-0.1, -0.05) is 36.4 Å². The van der Waals surface area contributed by atoms with Crippen molar-refractivity contribution in [2.75, 3.05) is 19.7 Å². The van der Waals surface area contributed by atoms with Crippen LogP contribution in [0, 0.1) is 0 Å². The zero-order valence-electron chi connectivity index (χ0n) is 13.6. The summed E-state index contributed by atoms with van der Waals surface area (Å²) in [4.78, 5) is 14.7. The molecule has 0 saturated heterocycles. The summed E-state index contributed by atoms with van der Waals surface area (Å²) < 4.78 is 5.49. The van der Waals surface area contributed by atoms with Crippen LogP contribution in [0.25, 0.3) is 0 Å². The van der Waals surface area contributed by atoms with Crippen molar-refractivity contribution in [3.63, 3.8) is 0 Å². The van der Waals surface area contributed by atoms with Gasteiger partial charge < -0.3 is 15.4 Å². The maximum absolute atomic E-state index is 12.8. The number of nitrogens with zero attached hydrogens (tertiary/aromatic N) is 1. The number of carbonyl (C=O) groups is 1. The summed E-state index contributed by atoms with van der Waals surface area (Å²) in [5, 5.41) is 0. The van der Waals surface area contributed by atoms with Gasteiger partial charge in [0.15, 0.2) is 0 Å². The van der Waals surface area contributed by atoms with Crippen LogP contribution in [0.1, 0.15) is 29.3 Å². The van der Waals surface area contributed by atoms with E-state index in [9.17, 15) is 4.79 Å². The number of amides is 1. The van der Waals surface area contributed by atoms with Crippen LogP contribution in [0.15, 0.2) is 54.6 Å². The number of carbonyl (C=O) groups excluding carboxylic acids is 1. The molecule has 0 spiro atoms. The second kappa shape index (κ2) is 8.96. The summed E-state index contributed by atoms with van der Waals surface area (Å²) in [6.07, 6.45) is 0.781. The van der Waals surface area contributed by atoms with Gasteiger partial charge in [0.2, 0.25) is 0 Å². The highest BCUT2D eigenvalue weighted by molar-refractivity contribution is 5.94. The van der Waals surface area contributed by atoms with Crippen LogP contribution in [0.2, 0.25) is 0 Å². The van der Waals surface area contributed by atoms with Crippen molar-refractivity contribution in [3.05, 3.63) is 65.7 Å². The third kappa shape index (κ3) is 5.11. The number of hydrogen-bond acceptors (Lipinski definition) is 3. The van der Waals surface area contributed by atoms with Gasteiger partial charge in [-0.05, 0) is 43.7 Å². The summed E-state index contributed by atoms with van der Waals surface area (Å²) in [5.74, 6) is 0.723. The Kier molecular flexibility index (Phi) is 6.63. The molecule has 2 aromatic carbocycles. The van der Waals surface area contributed by atoms with E-state index in [4.69, 9.17) is 10.5 Å². The second-order valence-electron chi connectivity index (χ2n) is 5.32. The Balaban J connectivity index is 2.16. The smallest absolute Gasteiger partial charge is 0.254 e. The topological polar surface area (TPSA) is 55.6 Å². The molecule has 0 fully saturated rings. The third-order valence-electron chi connectivity index (χ3n) is 3.53. The van der Waals surface area contributed by atoms with E-state index in [0.717, 1.165) is 17.7 Å². The van der Waals surface area contributed by atoms with E-state index in [2.05, 4.69) is 0 Å². The maximum atomic E-state index is 12.8. The van der Waals surface area contributed by atoms with Crippen molar-refractivity contribution in [2.24, 2.45) is 5.73 Å². The molecule has 0 aromatic heterocycles. The number of benzene rings is 2. The predicted molar refractivity (Wildman–Crippen MR) is 92.5 cm³/mol. The van der Waals surface area contributed by atoms with Crippen molar-refractivity contribution in [2.45, 2.75) is 19.9 Å². The lowest BCUT2D eigenvalue weighted by Crippen LogP contribution is -2.32. The molecule has 1 amide bonds. The zero-order valence-corrected chi connectivity index (χ0v) is 13.6. The van der Waals surface area contributed by atoms with Crippen LogP contribution in [0.3, 0.4) is 0 Å². The van der Waals surface area contributed by atoms with Gasteiger partial charge in [-0.25, -0.2) is 0 Å². The quantitative estimate of drug-likeness (QED) is 0.815. The molecule has 23 heavy (non-hydrogen) atoms. The first kappa shape index (κ1) is 17.0. The molecule has 0 unspecified atom stereocenters. The van der Waals surface area contributed by atoms with Crippen molar-refractivity contribution in [3.8, 4) is 5.75 Å². The first-order valence-electron chi connectivity index (χ1n) is 8.00. The minimum atomic E-state index is 0.00357. The van der Waals surface area contributed by atoms with E-state index in [1.807, 2.05) is 60.4 Å². The Bertz CT molecular complexity index is 614. The van der Waals surface area contributed by atoms with Crippen LogP contribution in [0.4, 0.5) is 0 Å². The highest BCUT2D eigenvalue weighted by Crippen LogP contribution is 2.16. The first-order valence-corrected chi connectivity index (χ1v) is 8.00. The summed E-state index contributed by atoms with van der Waals surface area (Å²) in [6.45, 7) is 4.30. The van der Waals surface area contributed by atoms with Crippen LogP contribution >= 0.6 is 0 Å². The molecule has 0 aliphatic rings. The highest BCUT2D eigenvalue weighted by atomic mass is 16.5. The molecular formula is C19H24N2O2. The normalized spacial score (nSPS) is 10.3. The van der Waals surface area contributed by atoms with Gasteiger partial charge >= 0.3 is 0 Å². The standard InChI is InChI=1S/C19H24N2O2/c1-2-23-18-11-6-10-17(14-18)19(22)21(13-7-12-20)15-16-8-4-3-5-9-16/h3-6,8-11,14H,2,7,12-13,15,20H2,1H3. The SMILES string of the molecule is CCOc1cccc(C(=O)N(CCCN)Cc2ccccc2)c1. The molecule has 0 atom stereocenters. The molecular weight excluding hydrogens is 288 g/mol. The van der Waals surface area contributed by atoms with E-state index in [1.54, 1.807) is 6.07 Å². The summed E-state index contributed by atoms with van der Waals surface area (Å²) in [5.41, 5.74) is 7.37. The molecule has 0 radical (unpaired) electrons. The molecule has 4 nitrogen and oxygen atoms in total. The summed E-state index contributed by atoms with van der Waals surface area (Å²) >= 11 is 0. The van der Waals surface area contributed by atoms with Gasteiger partial charge in [-0.3, -0.25) is 4.79 Å². The summed E-state index contributed by atoms with van der Waals surface area (Å²) in [7, 11) is 0. The van der Waals surface area contributed by atoms with Crippen molar-refractivity contribution < 1.29 is 9.53 Å². The van der Waals surface area contributed by atoms with Crippen LogP contribution in [-0.4, -0.2) is 30.5 Å². The lowest BCUT2D eigenvalue weighted by molar-refractivity contribution is 0.0742. The third-order valence-corrected chi connectivity index (χ3v) is 3.53. The zero-order chi connectivity index (χ0) is 16.5. The second-order valence-corrected chi connectivity index (χ2v) is 5.32. The Morgan fingerprint density at radius 2 is 1.91 bits per heavy atom. The number of ether oxygens (including phenoxy) is 1. The average molecular weight is 312 g/mol. The number of nitrogens with two attached hydrogens (primary N) is 1. The fourth-order valence-electron chi connectivity index (χ4n) is 2.41. The highest BCUT2D eigenvalue weighted by Gasteiger charge is 2.16. The molecule has 2 rings (SSSR count). The van der Waals surface area contributed by atoms with Gasteiger partial charge in [0.1, 0.15) is 5.75 Å². The Morgan fingerprint density at radius 3 is 2.61 bits per heavy atom. The number of rotatable bonds is 8. The Labute approximate surface area is 137 Å². The van der Waals surface area contributed by atoms with Crippen LogP contribution < -0.4 is 10.5 Å². The average Bonchev–Trinajstić information content (AvgIpc) is 2.59. The maximum Gasteiger partial charge on any atom is 0.254 e. The van der Waals surface area contributed by atoms with E-state index >= 15 is 0 Å². The molecule has 0 aliphatic heterocycles. The fourth-order valence-corrected chi connectivity index (χ4v) is 2.41. The van der Waals surface area contributed by atoms with Gasteiger partial charge in [0, 0.05) is 18.7 Å². The van der Waals surface area contributed by atoms with Crippen molar-refractivity contribution >= 4 is 5.91 Å².